The van der Waals surface area contributed by atoms with Crippen molar-refractivity contribution in [3.8, 4) is 0 Å². The second-order valence-corrected chi connectivity index (χ2v) is 8.83. The number of nitrogens with one attached hydrogen (secondary N) is 1. The van der Waals surface area contributed by atoms with Gasteiger partial charge in [0.2, 0.25) is 11.8 Å². The Balaban J connectivity index is 2.09. The Morgan fingerprint density at radius 1 is 1.07 bits per heavy atom. The van der Waals surface area contributed by atoms with E-state index in [0.29, 0.717) is 33.8 Å². The summed E-state index contributed by atoms with van der Waals surface area (Å²) in [6.45, 7) is 4.30. The molecule has 0 aromatic heterocycles. The number of hydrogen-bond acceptors (Lipinski definition) is 3. The number of hydrogen-bond donors (Lipinski definition) is 1. The number of carbonyl (C=O) groups is 2. The number of likely N-dealkylation sites (N-methyl/N-ethyl adjacent to an activating group) is 1. The molecule has 1 N–H and O–H groups in total. The van der Waals surface area contributed by atoms with Crippen LogP contribution >= 0.6 is 46.6 Å². The Hall–Kier alpha value is -1.40. The Labute approximate surface area is 190 Å². The van der Waals surface area contributed by atoms with E-state index in [1.165, 1.54) is 0 Å². The van der Waals surface area contributed by atoms with Crippen molar-refractivity contribution >= 4 is 58.4 Å². The van der Waals surface area contributed by atoms with Crippen LogP contribution < -0.4 is 5.32 Å². The van der Waals surface area contributed by atoms with Crippen LogP contribution in [0.3, 0.4) is 0 Å². The molecule has 2 rings (SSSR count). The molecule has 0 unspecified atom stereocenters. The Morgan fingerprint density at radius 2 is 1.72 bits per heavy atom. The van der Waals surface area contributed by atoms with Crippen molar-refractivity contribution in [2.24, 2.45) is 0 Å². The minimum atomic E-state index is -0.616. The zero-order valence-corrected chi connectivity index (χ0v) is 19.3. The van der Waals surface area contributed by atoms with Gasteiger partial charge in [0.05, 0.1) is 0 Å². The van der Waals surface area contributed by atoms with Crippen molar-refractivity contribution in [2.75, 3.05) is 12.3 Å². The summed E-state index contributed by atoms with van der Waals surface area (Å²) in [4.78, 5) is 27.9. The first kappa shape index (κ1) is 23.9. The molecule has 0 saturated carbocycles. The maximum absolute atomic E-state index is 13.0. The predicted octanol–water partition coefficient (Wildman–Crippen LogP) is 5.68. The van der Waals surface area contributed by atoms with Gasteiger partial charge >= 0.3 is 0 Å². The summed E-state index contributed by atoms with van der Waals surface area (Å²) < 4.78 is 0. The number of halogens is 3. The van der Waals surface area contributed by atoms with Gasteiger partial charge in [-0.2, -0.15) is 0 Å². The first-order valence-corrected chi connectivity index (χ1v) is 11.3. The molecule has 0 fully saturated rings. The Bertz CT molecular complexity index is 846. The van der Waals surface area contributed by atoms with E-state index in [0.717, 1.165) is 10.5 Å². The molecule has 0 saturated heterocycles. The molecule has 156 valence electrons. The molecular weight excluding hydrogens is 451 g/mol. The highest BCUT2D eigenvalue weighted by molar-refractivity contribution is 7.99. The molecule has 2 amide bonds. The highest BCUT2D eigenvalue weighted by atomic mass is 35.5. The van der Waals surface area contributed by atoms with Gasteiger partial charge in [0.25, 0.3) is 0 Å². The largest absolute Gasteiger partial charge is 0.355 e. The van der Waals surface area contributed by atoms with E-state index in [-0.39, 0.29) is 18.4 Å². The molecule has 0 aliphatic rings. The predicted molar refractivity (Wildman–Crippen MR) is 122 cm³/mol. The molecule has 8 heteroatoms. The minimum absolute atomic E-state index is 0.115. The lowest BCUT2D eigenvalue weighted by Gasteiger charge is -2.29. The summed E-state index contributed by atoms with van der Waals surface area (Å²) in [5.74, 6) is 0.278. The van der Waals surface area contributed by atoms with Gasteiger partial charge < -0.3 is 10.2 Å². The van der Waals surface area contributed by atoms with Gasteiger partial charge in [-0.1, -0.05) is 40.9 Å². The standard InChI is InChI=1S/C21H23Cl3N2O2S/c1-3-25-21(28)14(2)26(13-15-4-5-17(23)12-19(15)24)20(27)10-11-29-18-8-6-16(22)7-9-18/h4-9,12,14H,3,10-11,13H2,1-2H3,(H,25,28)/t14-/m0/s1. The van der Waals surface area contributed by atoms with Gasteiger partial charge in [0.1, 0.15) is 6.04 Å². The van der Waals surface area contributed by atoms with Gasteiger partial charge in [-0.05, 0) is 55.8 Å². The molecule has 2 aromatic rings. The monoisotopic (exact) mass is 472 g/mol. The molecule has 1 atom stereocenters. The lowest BCUT2D eigenvalue weighted by molar-refractivity contribution is -0.140. The average molecular weight is 474 g/mol. The van der Waals surface area contributed by atoms with Crippen LogP contribution in [0.5, 0.6) is 0 Å². The number of thioether (sulfide) groups is 1. The van der Waals surface area contributed by atoms with Gasteiger partial charge in [-0.25, -0.2) is 0 Å². The fourth-order valence-electron chi connectivity index (χ4n) is 2.67. The molecule has 2 aromatic carbocycles. The second-order valence-electron chi connectivity index (χ2n) is 6.38. The molecule has 0 aliphatic carbocycles. The van der Waals surface area contributed by atoms with Gasteiger partial charge in [0.15, 0.2) is 0 Å². The highest BCUT2D eigenvalue weighted by Gasteiger charge is 2.26. The van der Waals surface area contributed by atoms with E-state index in [9.17, 15) is 9.59 Å². The summed E-state index contributed by atoms with van der Waals surface area (Å²) in [6, 6.07) is 12.0. The van der Waals surface area contributed by atoms with Crippen molar-refractivity contribution in [3.05, 3.63) is 63.1 Å². The summed E-state index contributed by atoms with van der Waals surface area (Å²) >= 11 is 19.7. The minimum Gasteiger partial charge on any atom is -0.355 e. The average Bonchev–Trinajstić information content (AvgIpc) is 2.68. The second kappa shape index (κ2) is 11.7. The maximum Gasteiger partial charge on any atom is 0.242 e. The topological polar surface area (TPSA) is 49.4 Å². The zero-order chi connectivity index (χ0) is 21.4. The molecule has 0 bridgehead atoms. The van der Waals surface area contributed by atoms with Crippen LogP contribution in [0.1, 0.15) is 25.8 Å². The van der Waals surface area contributed by atoms with Crippen LogP contribution in [0.25, 0.3) is 0 Å². The molecule has 4 nitrogen and oxygen atoms in total. The van der Waals surface area contributed by atoms with Gasteiger partial charge in [-0.15, -0.1) is 11.8 Å². The van der Waals surface area contributed by atoms with Crippen molar-refractivity contribution in [1.29, 1.82) is 0 Å². The van der Waals surface area contributed by atoms with Gasteiger partial charge in [-0.3, -0.25) is 9.59 Å². The molecule has 0 heterocycles. The molecule has 29 heavy (non-hydrogen) atoms. The van der Waals surface area contributed by atoms with E-state index < -0.39 is 6.04 Å². The quantitative estimate of drug-likeness (QED) is 0.476. The van der Waals surface area contributed by atoms with Crippen LogP contribution in [0.4, 0.5) is 0 Å². The Morgan fingerprint density at radius 3 is 2.34 bits per heavy atom. The van der Waals surface area contributed by atoms with Crippen molar-refractivity contribution in [1.82, 2.24) is 10.2 Å². The van der Waals surface area contributed by atoms with Crippen LogP contribution in [0.15, 0.2) is 47.4 Å². The Kier molecular flexibility index (Phi) is 9.63. The van der Waals surface area contributed by atoms with E-state index in [4.69, 9.17) is 34.8 Å². The van der Waals surface area contributed by atoms with E-state index in [1.54, 1.807) is 41.8 Å². The summed E-state index contributed by atoms with van der Waals surface area (Å²) in [5, 5.41) is 4.43. The molecule has 0 spiro atoms. The zero-order valence-electron chi connectivity index (χ0n) is 16.3. The fourth-order valence-corrected chi connectivity index (χ4v) is 4.10. The number of carbonyl (C=O) groups excluding carboxylic acids is 2. The molecule has 0 radical (unpaired) electrons. The normalized spacial score (nSPS) is 11.8. The maximum atomic E-state index is 13.0. The van der Waals surface area contributed by atoms with Gasteiger partial charge in [0, 0.05) is 45.2 Å². The van der Waals surface area contributed by atoms with Crippen LogP contribution in [0, 0.1) is 0 Å². The van der Waals surface area contributed by atoms with Crippen molar-refractivity contribution in [2.45, 2.75) is 37.8 Å². The van der Waals surface area contributed by atoms with Crippen LogP contribution in [-0.4, -0.2) is 35.1 Å². The number of benzene rings is 2. The number of amides is 2. The lowest BCUT2D eigenvalue weighted by Crippen LogP contribution is -2.47. The molecule has 0 aliphatic heterocycles. The summed E-state index contributed by atoms with van der Waals surface area (Å²) in [7, 11) is 0. The first-order chi connectivity index (χ1) is 13.8. The fraction of sp³-hybridized carbons (Fsp3) is 0.333. The third kappa shape index (κ3) is 7.41. The lowest BCUT2D eigenvalue weighted by atomic mass is 10.1. The smallest absolute Gasteiger partial charge is 0.242 e. The third-order valence-corrected chi connectivity index (χ3v) is 6.13. The third-order valence-electron chi connectivity index (χ3n) is 4.27. The van der Waals surface area contributed by atoms with Crippen molar-refractivity contribution < 1.29 is 9.59 Å². The highest BCUT2D eigenvalue weighted by Crippen LogP contribution is 2.25. The summed E-state index contributed by atoms with van der Waals surface area (Å²) in [5.41, 5.74) is 0.742. The SMILES string of the molecule is CCNC(=O)[C@H](C)N(Cc1ccc(Cl)cc1Cl)C(=O)CCSc1ccc(Cl)cc1. The van der Waals surface area contributed by atoms with E-state index in [2.05, 4.69) is 5.32 Å². The van der Waals surface area contributed by atoms with Crippen LogP contribution in [-0.2, 0) is 16.1 Å². The first-order valence-electron chi connectivity index (χ1n) is 9.21. The van der Waals surface area contributed by atoms with E-state index >= 15 is 0 Å². The van der Waals surface area contributed by atoms with Crippen molar-refractivity contribution in [3.63, 3.8) is 0 Å². The number of nitrogens with zero attached hydrogens (tertiary/aromatic N) is 1. The van der Waals surface area contributed by atoms with Crippen LogP contribution in [0.2, 0.25) is 15.1 Å². The summed E-state index contributed by atoms with van der Waals surface area (Å²) in [6.07, 6.45) is 0.294. The van der Waals surface area contributed by atoms with E-state index in [1.807, 2.05) is 31.2 Å². The number of rotatable bonds is 9. The molecular formula is C21H23Cl3N2O2S.